The lowest BCUT2D eigenvalue weighted by Gasteiger charge is -2.13. The molecule has 0 saturated heterocycles. The van der Waals surface area contributed by atoms with Crippen LogP contribution in [-0.2, 0) is 13.5 Å². The maximum absolute atomic E-state index is 10.3. The quantitative estimate of drug-likeness (QED) is 0.913. The lowest BCUT2D eigenvalue weighted by atomic mass is 10.0. The Kier molecular flexibility index (Phi) is 3.56. The zero-order valence-corrected chi connectivity index (χ0v) is 11.3. The summed E-state index contributed by atoms with van der Waals surface area (Å²) in [6.07, 6.45) is 2.45. The maximum atomic E-state index is 10.3. The Labute approximate surface area is 116 Å². The molecule has 1 N–H and O–H groups in total. The highest BCUT2D eigenvalue weighted by atomic mass is 16.5. The fourth-order valence-corrected chi connectivity index (χ4v) is 2.19. The Morgan fingerprint density at radius 2 is 2.10 bits per heavy atom. The van der Waals surface area contributed by atoms with Gasteiger partial charge in [0.1, 0.15) is 0 Å². The van der Waals surface area contributed by atoms with Crippen molar-refractivity contribution in [1.29, 1.82) is 0 Å². The molecule has 3 rings (SSSR count). The van der Waals surface area contributed by atoms with Gasteiger partial charge in [0.05, 0.1) is 25.0 Å². The van der Waals surface area contributed by atoms with E-state index in [-0.39, 0.29) is 0 Å². The number of nitrogens with zero attached hydrogens (tertiary/aromatic N) is 3. The summed E-state index contributed by atoms with van der Waals surface area (Å²) in [6, 6.07) is 5.53. The van der Waals surface area contributed by atoms with Gasteiger partial charge in [-0.1, -0.05) is 11.3 Å². The molecule has 20 heavy (non-hydrogen) atoms. The number of aliphatic hydroxyl groups is 1. The number of ether oxygens (including phenoxy) is 2. The number of hydrogen-bond acceptors (Lipinski definition) is 5. The summed E-state index contributed by atoms with van der Waals surface area (Å²) in [5.41, 5.74) is 1.55. The summed E-state index contributed by atoms with van der Waals surface area (Å²) in [5.74, 6) is 1.43. The Hall–Kier alpha value is -2.08. The molecule has 2 aromatic rings. The number of fused-ring (bicyclic) bond motifs is 1. The van der Waals surface area contributed by atoms with Gasteiger partial charge in [-0.2, -0.15) is 0 Å². The topological polar surface area (TPSA) is 69.4 Å². The second-order valence-electron chi connectivity index (χ2n) is 4.86. The summed E-state index contributed by atoms with van der Waals surface area (Å²) < 4.78 is 12.8. The lowest BCUT2D eigenvalue weighted by Crippen LogP contribution is -2.03. The molecule has 0 radical (unpaired) electrons. The highest BCUT2D eigenvalue weighted by Crippen LogP contribution is 2.32. The SMILES string of the molecule is Cn1cc(CC(O)c2ccc3c(c2)OCCCO3)nn1. The molecule has 0 saturated carbocycles. The van der Waals surface area contributed by atoms with E-state index in [9.17, 15) is 5.11 Å². The van der Waals surface area contributed by atoms with E-state index in [1.807, 2.05) is 18.2 Å². The van der Waals surface area contributed by atoms with Gasteiger partial charge in [0.25, 0.3) is 0 Å². The normalized spacial score (nSPS) is 15.7. The molecule has 1 aromatic carbocycles. The first kappa shape index (κ1) is 12.9. The molecule has 1 atom stereocenters. The number of rotatable bonds is 3. The minimum absolute atomic E-state index is 0.424. The average molecular weight is 275 g/mol. The summed E-state index contributed by atoms with van der Waals surface area (Å²) >= 11 is 0. The number of benzene rings is 1. The molecule has 0 amide bonds. The van der Waals surface area contributed by atoms with Gasteiger partial charge in [-0.15, -0.1) is 5.10 Å². The van der Waals surface area contributed by atoms with E-state index >= 15 is 0 Å². The van der Waals surface area contributed by atoms with E-state index < -0.39 is 6.10 Å². The van der Waals surface area contributed by atoms with Gasteiger partial charge < -0.3 is 14.6 Å². The molecule has 1 aliphatic heterocycles. The molecule has 0 bridgehead atoms. The molecule has 6 nitrogen and oxygen atoms in total. The van der Waals surface area contributed by atoms with Crippen molar-refractivity contribution >= 4 is 0 Å². The Bertz CT molecular complexity index is 597. The molecule has 6 heteroatoms. The molecular formula is C14H17N3O3. The maximum Gasteiger partial charge on any atom is 0.161 e. The molecule has 106 valence electrons. The zero-order valence-electron chi connectivity index (χ0n) is 11.3. The van der Waals surface area contributed by atoms with E-state index in [2.05, 4.69) is 10.3 Å². The smallest absolute Gasteiger partial charge is 0.161 e. The van der Waals surface area contributed by atoms with Gasteiger partial charge in [0.2, 0.25) is 0 Å². The monoisotopic (exact) mass is 275 g/mol. The van der Waals surface area contributed by atoms with Gasteiger partial charge in [-0.3, -0.25) is 4.68 Å². The third-order valence-electron chi connectivity index (χ3n) is 3.21. The van der Waals surface area contributed by atoms with Crippen molar-refractivity contribution in [3.8, 4) is 11.5 Å². The van der Waals surface area contributed by atoms with Crippen LogP contribution in [0.3, 0.4) is 0 Å². The predicted molar refractivity (Wildman–Crippen MR) is 71.7 cm³/mol. The van der Waals surface area contributed by atoms with Crippen molar-refractivity contribution in [2.24, 2.45) is 7.05 Å². The van der Waals surface area contributed by atoms with Crippen molar-refractivity contribution < 1.29 is 14.6 Å². The van der Waals surface area contributed by atoms with Crippen molar-refractivity contribution in [1.82, 2.24) is 15.0 Å². The summed E-state index contributed by atoms with van der Waals surface area (Å²) in [4.78, 5) is 0. The molecule has 1 unspecified atom stereocenters. The standard InChI is InChI=1S/C14H17N3O3/c1-17-9-11(15-16-17)8-12(18)10-3-4-13-14(7-10)20-6-2-5-19-13/h3-4,7,9,12,18H,2,5-6,8H2,1H3. The van der Waals surface area contributed by atoms with Crippen LogP contribution in [0.15, 0.2) is 24.4 Å². The van der Waals surface area contributed by atoms with Gasteiger partial charge in [-0.25, -0.2) is 0 Å². The average Bonchev–Trinajstić information content (AvgIpc) is 2.72. The van der Waals surface area contributed by atoms with Crippen LogP contribution in [0.2, 0.25) is 0 Å². The molecular weight excluding hydrogens is 258 g/mol. The highest BCUT2D eigenvalue weighted by molar-refractivity contribution is 5.44. The van der Waals surface area contributed by atoms with E-state index in [0.29, 0.717) is 25.4 Å². The van der Waals surface area contributed by atoms with E-state index in [0.717, 1.165) is 23.4 Å². The van der Waals surface area contributed by atoms with Crippen LogP contribution in [0.5, 0.6) is 11.5 Å². The zero-order chi connectivity index (χ0) is 13.9. The lowest BCUT2D eigenvalue weighted by molar-refractivity contribution is 0.176. The highest BCUT2D eigenvalue weighted by Gasteiger charge is 2.16. The summed E-state index contributed by atoms with van der Waals surface area (Å²) in [7, 11) is 1.80. The van der Waals surface area contributed by atoms with E-state index in [4.69, 9.17) is 9.47 Å². The molecule has 0 spiro atoms. The summed E-state index contributed by atoms with van der Waals surface area (Å²) in [6.45, 7) is 1.30. The number of aryl methyl sites for hydroxylation is 1. The van der Waals surface area contributed by atoms with Crippen LogP contribution in [0.1, 0.15) is 23.8 Å². The first-order valence-corrected chi connectivity index (χ1v) is 6.65. The van der Waals surface area contributed by atoms with Crippen LogP contribution in [-0.4, -0.2) is 33.3 Å². The third kappa shape index (κ3) is 2.75. The molecule has 0 fully saturated rings. The van der Waals surface area contributed by atoms with Crippen LogP contribution in [0.4, 0.5) is 0 Å². The van der Waals surface area contributed by atoms with E-state index in [1.54, 1.807) is 17.9 Å². The first-order chi connectivity index (χ1) is 9.72. The molecule has 0 aliphatic carbocycles. The Balaban J connectivity index is 1.77. The van der Waals surface area contributed by atoms with Crippen LogP contribution >= 0.6 is 0 Å². The fourth-order valence-electron chi connectivity index (χ4n) is 2.19. The number of aliphatic hydroxyl groups excluding tert-OH is 1. The van der Waals surface area contributed by atoms with Gasteiger partial charge in [-0.05, 0) is 17.7 Å². The minimum atomic E-state index is -0.635. The van der Waals surface area contributed by atoms with Crippen LogP contribution < -0.4 is 9.47 Å². The molecule has 1 aromatic heterocycles. The first-order valence-electron chi connectivity index (χ1n) is 6.65. The van der Waals surface area contributed by atoms with Crippen molar-refractivity contribution in [3.05, 3.63) is 35.7 Å². The number of hydrogen-bond donors (Lipinski definition) is 1. The second-order valence-corrected chi connectivity index (χ2v) is 4.86. The fraction of sp³-hybridized carbons (Fsp3) is 0.429. The molecule has 1 aliphatic rings. The minimum Gasteiger partial charge on any atom is -0.490 e. The second kappa shape index (κ2) is 5.50. The van der Waals surface area contributed by atoms with Crippen molar-refractivity contribution in [2.75, 3.05) is 13.2 Å². The van der Waals surface area contributed by atoms with Gasteiger partial charge >= 0.3 is 0 Å². The van der Waals surface area contributed by atoms with Crippen molar-refractivity contribution in [3.63, 3.8) is 0 Å². The van der Waals surface area contributed by atoms with Gasteiger partial charge in [0, 0.05) is 26.1 Å². The largest absolute Gasteiger partial charge is 0.490 e. The van der Waals surface area contributed by atoms with E-state index in [1.165, 1.54) is 0 Å². The van der Waals surface area contributed by atoms with Gasteiger partial charge in [0.15, 0.2) is 11.5 Å². The Morgan fingerprint density at radius 1 is 1.30 bits per heavy atom. The predicted octanol–water partition coefficient (Wildman–Crippen LogP) is 1.25. The summed E-state index contributed by atoms with van der Waals surface area (Å²) in [5, 5.41) is 18.1. The Morgan fingerprint density at radius 3 is 2.85 bits per heavy atom. The van der Waals surface area contributed by atoms with Crippen LogP contribution in [0, 0.1) is 0 Å². The van der Waals surface area contributed by atoms with Crippen molar-refractivity contribution in [2.45, 2.75) is 18.9 Å². The number of aromatic nitrogens is 3. The third-order valence-corrected chi connectivity index (χ3v) is 3.21. The molecule has 2 heterocycles. The van der Waals surface area contributed by atoms with Crippen LogP contribution in [0.25, 0.3) is 0 Å².